The fourth-order valence-electron chi connectivity index (χ4n) is 2.04. The number of ether oxygens (including phenoxy) is 1. The lowest BCUT2D eigenvalue weighted by Crippen LogP contribution is -2.50. The number of hydrogen-bond acceptors (Lipinski definition) is 3. The van der Waals surface area contributed by atoms with Gasteiger partial charge in [-0.1, -0.05) is 13.3 Å². The minimum absolute atomic E-state index is 0.0326. The van der Waals surface area contributed by atoms with Crippen LogP contribution in [0.5, 0.6) is 0 Å². The van der Waals surface area contributed by atoms with Crippen molar-refractivity contribution < 1.29 is 19.4 Å². The normalized spacial score (nSPS) is 22.2. The summed E-state index contributed by atoms with van der Waals surface area (Å²) < 4.78 is 5.46. The lowest BCUT2D eigenvalue weighted by Gasteiger charge is -2.21. The van der Waals surface area contributed by atoms with Crippen LogP contribution in [0.1, 0.15) is 39.5 Å². The number of nitrogens with one attached hydrogen (secondary N) is 2. The molecule has 1 aliphatic rings. The summed E-state index contributed by atoms with van der Waals surface area (Å²) in [5.74, 6) is -1.00. The Labute approximate surface area is 107 Å². The average Bonchev–Trinajstić information content (AvgIpc) is 2.81. The molecule has 1 heterocycles. The number of rotatable bonds is 6. The van der Waals surface area contributed by atoms with E-state index in [2.05, 4.69) is 10.6 Å². The largest absolute Gasteiger partial charge is 0.480 e. The Bertz CT molecular complexity index is 290. The van der Waals surface area contributed by atoms with Crippen LogP contribution in [0.15, 0.2) is 0 Å². The Morgan fingerprint density at radius 3 is 2.67 bits per heavy atom. The molecule has 6 nitrogen and oxygen atoms in total. The molecule has 1 fully saturated rings. The minimum Gasteiger partial charge on any atom is -0.480 e. The van der Waals surface area contributed by atoms with Gasteiger partial charge in [0.15, 0.2) is 0 Å². The molecule has 18 heavy (non-hydrogen) atoms. The van der Waals surface area contributed by atoms with E-state index < -0.39 is 18.0 Å². The van der Waals surface area contributed by atoms with E-state index in [9.17, 15) is 9.59 Å². The molecule has 0 spiro atoms. The highest BCUT2D eigenvalue weighted by Crippen LogP contribution is 2.15. The van der Waals surface area contributed by atoms with E-state index in [4.69, 9.17) is 9.84 Å². The summed E-state index contributed by atoms with van der Waals surface area (Å²) in [4.78, 5) is 22.6. The van der Waals surface area contributed by atoms with E-state index in [1.165, 1.54) is 0 Å². The zero-order valence-electron chi connectivity index (χ0n) is 10.9. The summed E-state index contributed by atoms with van der Waals surface area (Å²) in [5.41, 5.74) is 0. The molecule has 0 aromatic heterocycles. The average molecular weight is 258 g/mol. The smallest absolute Gasteiger partial charge is 0.326 e. The van der Waals surface area contributed by atoms with E-state index in [1.54, 1.807) is 0 Å². The number of carboxylic acids is 1. The van der Waals surface area contributed by atoms with Gasteiger partial charge in [0.1, 0.15) is 6.04 Å². The van der Waals surface area contributed by atoms with Crippen LogP contribution in [0, 0.1) is 0 Å². The van der Waals surface area contributed by atoms with E-state index in [0.29, 0.717) is 12.8 Å². The molecule has 2 unspecified atom stereocenters. The number of carboxylic acid groups (broad SMARTS) is 1. The third-order valence-electron chi connectivity index (χ3n) is 3.06. The van der Waals surface area contributed by atoms with Crippen LogP contribution in [-0.4, -0.2) is 41.9 Å². The number of aliphatic carboxylic acids is 1. The number of carbonyl (C=O) groups excluding carboxylic acids is 1. The van der Waals surface area contributed by atoms with Crippen molar-refractivity contribution in [3.8, 4) is 0 Å². The summed E-state index contributed by atoms with van der Waals surface area (Å²) in [7, 11) is 0. The van der Waals surface area contributed by atoms with Crippen LogP contribution in [0.4, 0.5) is 4.79 Å². The van der Waals surface area contributed by atoms with Gasteiger partial charge < -0.3 is 20.5 Å². The highest BCUT2D eigenvalue weighted by Gasteiger charge is 2.25. The van der Waals surface area contributed by atoms with E-state index in [-0.39, 0.29) is 12.1 Å². The van der Waals surface area contributed by atoms with E-state index in [0.717, 1.165) is 19.4 Å². The molecule has 104 valence electrons. The molecule has 3 N–H and O–H groups in total. The molecular formula is C12H22N2O4. The summed E-state index contributed by atoms with van der Waals surface area (Å²) >= 11 is 0. The Balaban J connectivity index is 2.36. The third-order valence-corrected chi connectivity index (χ3v) is 3.06. The molecule has 0 saturated carbocycles. The Morgan fingerprint density at radius 2 is 2.17 bits per heavy atom. The van der Waals surface area contributed by atoms with Gasteiger partial charge in [0.25, 0.3) is 0 Å². The summed E-state index contributed by atoms with van der Waals surface area (Å²) in [6.45, 7) is 4.47. The minimum atomic E-state index is -1.00. The summed E-state index contributed by atoms with van der Waals surface area (Å²) in [6.07, 6.45) is 3.10. The summed E-state index contributed by atoms with van der Waals surface area (Å²) in [5, 5.41) is 14.1. The fraction of sp³-hybridized carbons (Fsp3) is 0.833. The third kappa shape index (κ3) is 4.52. The molecule has 0 aliphatic carbocycles. The first-order valence-electron chi connectivity index (χ1n) is 6.46. The van der Waals surface area contributed by atoms with Crippen molar-refractivity contribution >= 4 is 12.0 Å². The first-order valence-corrected chi connectivity index (χ1v) is 6.46. The van der Waals surface area contributed by atoms with E-state index in [1.807, 2.05) is 13.8 Å². The van der Waals surface area contributed by atoms with Crippen LogP contribution < -0.4 is 10.6 Å². The second kappa shape index (κ2) is 7.20. The number of urea groups is 1. The molecule has 1 aliphatic heterocycles. The first kappa shape index (κ1) is 14.8. The quantitative estimate of drug-likeness (QED) is 0.666. The van der Waals surface area contributed by atoms with Gasteiger partial charge in [-0.3, -0.25) is 0 Å². The van der Waals surface area contributed by atoms with Crippen molar-refractivity contribution in [2.75, 3.05) is 6.61 Å². The monoisotopic (exact) mass is 258 g/mol. The number of carbonyl (C=O) groups is 2. The predicted molar refractivity (Wildman–Crippen MR) is 66.4 cm³/mol. The Morgan fingerprint density at radius 1 is 1.44 bits per heavy atom. The van der Waals surface area contributed by atoms with Crippen molar-refractivity contribution in [3.05, 3.63) is 0 Å². The lowest BCUT2D eigenvalue weighted by molar-refractivity contribution is -0.139. The topological polar surface area (TPSA) is 87.7 Å². The maximum atomic E-state index is 11.7. The number of amides is 2. The van der Waals surface area contributed by atoms with Crippen LogP contribution in [0.25, 0.3) is 0 Å². The van der Waals surface area contributed by atoms with Gasteiger partial charge in [-0.2, -0.15) is 0 Å². The molecule has 3 atom stereocenters. The molecule has 1 rings (SSSR count). The van der Waals surface area contributed by atoms with Crippen LogP contribution in [0.2, 0.25) is 0 Å². The van der Waals surface area contributed by atoms with Gasteiger partial charge in [-0.15, -0.1) is 0 Å². The molecule has 2 amide bonds. The highest BCUT2D eigenvalue weighted by atomic mass is 16.5. The standard InChI is InChI=1S/C12H22N2O4/c1-3-5-9(11(15)16)14-12(17)13-8(2)10-6-4-7-18-10/h8-10H,3-7H2,1-2H3,(H,15,16)(H2,13,14,17)/t8?,9-,10?/m1/s1. The predicted octanol–water partition coefficient (Wildman–Crippen LogP) is 1.11. The molecule has 0 aromatic carbocycles. The van der Waals surface area contributed by atoms with Crippen molar-refractivity contribution in [1.29, 1.82) is 0 Å². The highest BCUT2D eigenvalue weighted by molar-refractivity contribution is 5.82. The van der Waals surface area contributed by atoms with Crippen molar-refractivity contribution in [3.63, 3.8) is 0 Å². The molecule has 6 heteroatoms. The second-order valence-corrected chi connectivity index (χ2v) is 4.64. The van der Waals surface area contributed by atoms with Gasteiger partial charge in [0.2, 0.25) is 0 Å². The first-order chi connectivity index (χ1) is 8.54. The van der Waals surface area contributed by atoms with E-state index >= 15 is 0 Å². The van der Waals surface area contributed by atoms with Crippen LogP contribution in [0.3, 0.4) is 0 Å². The molecular weight excluding hydrogens is 236 g/mol. The van der Waals surface area contributed by atoms with Gasteiger partial charge in [-0.05, 0) is 26.2 Å². The number of hydrogen-bond donors (Lipinski definition) is 3. The lowest BCUT2D eigenvalue weighted by atomic mass is 10.1. The zero-order chi connectivity index (χ0) is 13.5. The van der Waals surface area contributed by atoms with Crippen molar-refractivity contribution in [1.82, 2.24) is 10.6 Å². The summed E-state index contributed by atoms with van der Waals surface area (Å²) in [6, 6.07) is -1.38. The zero-order valence-corrected chi connectivity index (χ0v) is 10.9. The molecule has 0 bridgehead atoms. The van der Waals surface area contributed by atoms with Crippen molar-refractivity contribution in [2.24, 2.45) is 0 Å². The Hall–Kier alpha value is -1.30. The van der Waals surface area contributed by atoms with Gasteiger partial charge in [-0.25, -0.2) is 9.59 Å². The van der Waals surface area contributed by atoms with Gasteiger partial charge in [0.05, 0.1) is 12.1 Å². The maximum Gasteiger partial charge on any atom is 0.326 e. The van der Waals surface area contributed by atoms with Gasteiger partial charge >= 0.3 is 12.0 Å². The van der Waals surface area contributed by atoms with Crippen LogP contribution in [-0.2, 0) is 9.53 Å². The van der Waals surface area contributed by atoms with Crippen molar-refractivity contribution in [2.45, 2.75) is 57.7 Å². The molecule has 0 aromatic rings. The SMILES string of the molecule is CCC[C@@H](NC(=O)NC(C)C1CCCO1)C(=O)O. The Kier molecular flexibility index (Phi) is 5.91. The molecule has 0 radical (unpaired) electrons. The second-order valence-electron chi connectivity index (χ2n) is 4.64. The maximum absolute atomic E-state index is 11.7. The fourth-order valence-corrected chi connectivity index (χ4v) is 2.04. The van der Waals surface area contributed by atoms with Gasteiger partial charge in [0, 0.05) is 6.61 Å². The van der Waals surface area contributed by atoms with Crippen LogP contribution >= 0.6 is 0 Å². The molecule has 1 saturated heterocycles.